The molecule has 0 fully saturated rings. The van der Waals surface area contributed by atoms with Gasteiger partial charge in [-0.05, 0) is 20.8 Å². The molecular formula is C8H13N3O2. The van der Waals surface area contributed by atoms with Crippen LogP contribution in [0, 0.1) is 6.92 Å². The van der Waals surface area contributed by atoms with Crippen LogP contribution in [0.25, 0.3) is 0 Å². The number of nitrogens with zero attached hydrogens (tertiary/aromatic N) is 1. The molecule has 0 unspecified atom stereocenters. The Morgan fingerprint density at radius 2 is 2.31 bits per heavy atom. The number of carbonyl (C=O) groups excluding carboxylic acids is 1. The molecule has 1 rings (SSSR count). The van der Waals surface area contributed by atoms with Crippen LogP contribution in [0.4, 0.5) is 0 Å². The molecule has 1 aromatic heterocycles. The van der Waals surface area contributed by atoms with E-state index in [0.29, 0.717) is 5.76 Å². The molecule has 0 aliphatic rings. The summed E-state index contributed by atoms with van der Waals surface area (Å²) in [6.07, 6.45) is 0. The molecule has 0 aromatic carbocycles. The maximum absolute atomic E-state index is 11.3. The highest BCUT2D eigenvalue weighted by molar-refractivity contribution is 5.91. The normalized spacial score (nSPS) is 10.5. The van der Waals surface area contributed by atoms with Crippen LogP contribution in [0.15, 0.2) is 10.6 Å². The zero-order valence-corrected chi connectivity index (χ0v) is 7.92. The predicted molar refractivity (Wildman–Crippen MR) is 47.0 cm³/mol. The summed E-state index contributed by atoms with van der Waals surface area (Å²) in [7, 11) is 0. The van der Waals surface area contributed by atoms with Crippen molar-refractivity contribution in [2.75, 3.05) is 0 Å². The highest BCUT2D eigenvalue weighted by Crippen LogP contribution is 2.00. The van der Waals surface area contributed by atoms with E-state index >= 15 is 0 Å². The molecule has 0 aliphatic heterocycles. The van der Waals surface area contributed by atoms with Crippen molar-refractivity contribution in [1.82, 2.24) is 16.0 Å². The van der Waals surface area contributed by atoms with Crippen LogP contribution < -0.4 is 10.9 Å². The molecule has 0 radical (unpaired) electrons. The Hall–Kier alpha value is -1.36. The summed E-state index contributed by atoms with van der Waals surface area (Å²) >= 11 is 0. The van der Waals surface area contributed by atoms with Crippen LogP contribution in [-0.4, -0.2) is 17.1 Å². The summed E-state index contributed by atoms with van der Waals surface area (Å²) in [5, 5.41) is 3.57. The molecule has 0 saturated carbocycles. The van der Waals surface area contributed by atoms with Crippen molar-refractivity contribution in [2.24, 2.45) is 0 Å². The highest BCUT2D eigenvalue weighted by atomic mass is 16.5. The average Bonchev–Trinajstić information content (AvgIpc) is 2.47. The van der Waals surface area contributed by atoms with E-state index in [2.05, 4.69) is 16.0 Å². The molecule has 5 heteroatoms. The van der Waals surface area contributed by atoms with E-state index in [1.165, 1.54) is 0 Å². The van der Waals surface area contributed by atoms with Crippen molar-refractivity contribution in [3.05, 3.63) is 17.5 Å². The van der Waals surface area contributed by atoms with Gasteiger partial charge in [-0.25, -0.2) is 5.43 Å². The maximum Gasteiger partial charge on any atom is 0.287 e. The Labute approximate surface area is 76.5 Å². The zero-order valence-electron chi connectivity index (χ0n) is 7.92. The number of hydrogen-bond donors (Lipinski definition) is 2. The van der Waals surface area contributed by atoms with E-state index < -0.39 is 0 Å². The fraction of sp³-hybridized carbons (Fsp3) is 0.500. The van der Waals surface area contributed by atoms with Crippen LogP contribution >= 0.6 is 0 Å². The highest BCUT2D eigenvalue weighted by Gasteiger charge is 2.09. The number of amides is 1. The summed E-state index contributed by atoms with van der Waals surface area (Å²) in [4.78, 5) is 11.3. The summed E-state index contributed by atoms with van der Waals surface area (Å²) in [6, 6.07) is 1.77. The van der Waals surface area contributed by atoms with E-state index in [0.717, 1.165) is 0 Å². The second-order valence-electron chi connectivity index (χ2n) is 3.08. The van der Waals surface area contributed by atoms with Gasteiger partial charge < -0.3 is 4.52 Å². The number of aryl methyl sites for hydroxylation is 1. The van der Waals surface area contributed by atoms with Crippen molar-refractivity contribution in [2.45, 2.75) is 26.8 Å². The minimum absolute atomic E-state index is 0.192. The third-order valence-corrected chi connectivity index (χ3v) is 1.33. The number of aromatic nitrogens is 1. The summed E-state index contributed by atoms with van der Waals surface area (Å²) in [6.45, 7) is 5.59. The lowest BCUT2D eigenvalue weighted by molar-refractivity contribution is 0.0918. The third-order valence-electron chi connectivity index (χ3n) is 1.33. The largest absolute Gasteiger partial charge is 0.361 e. The predicted octanol–water partition coefficient (Wildman–Crippen LogP) is 0.626. The standard InChI is InChI=1S/C8H13N3O2/c1-5(2)9-10-8(12)7-4-6(3)13-11-7/h4-5,9H,1-3H3,(H,10,12). The Kier molecular flexibility index (Phi) is 3.02. The van der Waals surface area contributed by atoms with Gasteiger partial charge in [-0.3, -0.25) is 10.2 Å². The Morgan fingerprint density at radius 1 is 1.62 bits per heavy atom. The van der Waals surface area contributed by atoms with Crippen molar-refractivity contribution in [3.8, 4) is 0 Å². The molecule has 0 spiro atoms. The number of hydrazine groups is 1. The van der Waals surface area contributed by atoms with Gasteiger partial charge in [0.2, 0.25) is 0 Å². The molecule has 1 heterocycles. The molecule has 5 nitrogen and oxygen atoms in total. The Balaban J connectivity index is 2.49. The van der Waals surface area contributed by atoms with Gasteiger partial charge in [0.05, 0.1) is 0 Å². The van der Waals surface area contributed by atoms with Gasteiger partial charge in [-0.2, -0.15) is 0 Å². The van der Waals surface area contributed by atoms with E-state index in [-0.39, 0.29) is 17.6 Å². The molecule has 72 valence electrons. The van der Waals surface area contributed by atoms with Gasteiger partial charge in [-0.15, -0.1) is 0 Å². The van der Waals surface area contributed by atoms with Crippen molar-refractivity contribution in [3.63, 3.8) is 0 Å². The second kappa shape index (κ2) is 4.04. The molecule has 2 N–H and O–H groups in total. The molecule has 0 bridgehead atoms. The summed E-state index contributed by atoms with van der Waals surface area (Å²) in [5.74, 6) is 0.334. The monoisotopic (exact) mass is 183 g/mol. The van der Waals surface area contributed by atoms with Gasteiger partial charge in [0, 0.05) is 12.1 Å². The first-order valence-corrected chi connectivity index (χ1v) is 4.09. The molecule has 0 aliphatic carbocycles. The van der Waals surface area contributed by atoms with Crippen molar-refractivity contribution in [1.29, 1.82) is 0 Å². The van der Waals surface area contributed by atoms with E-state index in [4.69, 9.17) is 4.52 Å². The SMILES string of the molecule is Cc1cc(C(=O)NNC(C)C)no1. The topological polar surface area (TPSA) is 67.2 Å². The first-order chi connectivity index (χ1) is 6.09. The van der Waals surface area contributed by atoms with Gasteiger partial charge in [0.1, 0.15) is 5.76 Å². The lowest BCUT2D eigenvalue weighted by Crippen LogP contribution is -2.41. The second-order valence-corrected chi connectivity index (χ2v) is 3.08. The minimum atomic E-state index is -0.287. The van der Waals surface area contributed by atoms with Crippen molar-refractivity contribution < 1.29 is 9.32 Å². The van der Waals surface area contributed by atoms with Crippen LogP contribution in [-0.2, 0) is 0 Å². The minimum Gasteiger partial charge on any atom is -0.361 e. The molecule has 1 amide bonds. The number of carbonyl (C=O) groups is 1. The third kappa shape index (κ3) is 2.87. The molecule has 13 heavy (non-hydrogen) atoms. The first kappa shape index (κ1) is 9.73. The van der Waals surface area contributed by atoms with Crippen molar-refractivity contribution >= 4 is 5.91 Å². The number of rotatable bonds is 3. The van der Waals surface area contributed by atoms with E-state index in [1.54, 1.807) is 13.0 Å². The van der Waals surface area contributed by atoms with Crippen LogP contribution in [0.3, 0.4) is 0 Å². The fourth-order valence-corrected chi connectivity index (χ4v) is 0.747. The van der Waals surface area contributed by atoms with Crippen LogP contribution in [0.5, 0.6) is 0 Å². The van der Waals surface area contributed by atoms with Gasteiger partial charge in [0.25, 0.3) is 5.91 Å². The first-order valence-electron chi connectivity index (χ1n) is 4.09. The molecule has 0 atom stereocenters. The lowest BCUT2D eigenvalue weighted by Gasteiger charge is -2.07. The zero-order chi connectivity index (χ0) is 9.84. The lowest BCUT2D eigenvalue weighted by atomic mass is 10.4. The number of nitrogens with one attached hydrogen (secondary N) is 2. The van der Waals surface area contributed by atoms with Crippen LogP contribution in [0.1, 0.15) is 30.1 Å². The van der Waals surface area contributed by atoms with Crippen LogP contribution in [0.2, 0.25) is 0 Å². The maximum atomic E-state index is 11.3. The Bertz CT molecular complexity index is 293. The molecular weight excluding hydrogens is 170 g/mol. The van der Waals surface area contributed by atoms with Gasteiger partial charge in [0.15, 0.2) is 5.69 Å². The Morgan fingerprint density at radius 3 is 2.77 bits per heavy atom. The molecule has 0 saturated heterocycles. The van der Waals surface area contributed by atoms with E-state index in [1.807, 2.05) is 13.8 Å². The quantitative estimate of drug-likeness (QED) is 0.674. The van der Waals surface area contributed by atoms with Gasteiger partial charge >= 0.3 is 0 Å². The smallest absolute Gasteiger partial charge is 0.287 e. The average molecular weight is 183 g/mol. The summed E-state index contributed by atoms with van der Waals surface area (Å²) < 4.78 is 4.75. The fourth-order valence-electron chi connectivity index (χ4n) is 0.747. The number of hydrogen-bond acceptors (Lipinski definition) is 4. The molecule has 1 aromatic rings. The summed E-state index contributed by atoms with van der Waals surface area (Å²) in [5.41, 5.74) is 5.56. The van der Waals surface area contributed by atoms with E-state index in [9.17, 15) is 4.79 Å². The van der Waals surface area contributed by atoms with Gasteiger partial charge in [-0.1, -0.05) is 5.16 Å².